The van der Waals surface area contributed by atoms with E-state index in [1.165, 1.54) is 5.56 Å². The normalized spacial score (nSPS) is 21.9. The Morgan fingerprint density at radius 3 is 2.42 bits per heavy atom. The molecule has 0 radical (unpaired) electrons. The number of hydrogen-bond acceptors (Lipinski definition) is 5. The third kappa shape index (κ3) is 4.30. The van der Waals surface area contributed by atoms with E-state index < -0.39 is 6.04 Å². The fourth-order valence-electron chi connectivity index (χ4n) is 5.41. The Kier molecular flexibility index (Phi) is 6.00. The van der Waals surface area contributed by atoms with Crippen LogP contribution in [0.15, 0.2) is 42.5 Å². The van der Waals surface area contributed by atoms with Gasteiger partial charge >= 0.3 is 0 Å². The summed E-state index contributed by atoms with van der Waals surface area (Å²) in [7, 11) is 0. The molecule has 0 saturated carbocycles. The van der Waals surface area contributed by atoms with Crippen molar-refractivity contribution in [3.05, 3.63) is 70.3 Å². The van der Waals surface area contributed by atoms with Crippen LogP contribution in [0.4, 0.5) is 0 Å². The van der Waals surface area contributed by atoms with E-state index in [-0.39, 0.29) is 24.1 Å². The summed E-state index contributed by atoms with van der Waals surface area (Å²) < 4.78 is 0. The molecule has 172 valence electrons. The van der Waals surface area contributed by atoms with Crippen molar-refractivity contribution in [1.29, 1.82) is 0 Å². The van der Waals surface area contributed by atoms with Crippen molar-refractivity contribution in [2.45, 2.75) is 57.3 Å². The minimum Gasteiger partial charge on any atom is -0.326 e. The highest BCUT2D eigenvalue weighted by atomic mass is 16.2. The second kappa shape index (κ2) is 9.08. The number of likely N-dealkylation sites (tertiary alicyclic amines) is 1. The average molecular weight is 447 g/mol. The van der Waals surface area contributed by atoms with Gasteiger partial charge in [0.2, 0.25) is 11.8 Å². The second-order valence-electron chi connectivity index (χ2n) is 9.35. The van der Waals surface area contributed by atoms with E-state index in [4.69, 9.17) is 5.73 Å². The summed E-state index contributed by atoms with van der Waals surface area (Å²) in [5, 5.41) is 2.37. The number of carbonyl (C=O) groups is 3. The van der Waals surface area contributed by atoms with Crippen LogP contribution in [0.25, 0.3) is 0 Å². The molecule has 3 aliphatic rings. The van der Waals surface area contributed by atoms with Gasteiger partial charge in [0.25, 0.3) is 5.91 Å². The van der Waals surface area contributed by atoms with Crippen LogP contribution in [0.1, 0.15) is 64.2 Å². The number of imide groups is 1. The van der Waals surface area contributed by atoms with E-state index in [0.29, 0.717) is 25.4 Å². The summed E-state index contributed by atoms with van der Waals surface area (Å²) in [6.45, 7) is 3.70. The summed E-state index contributed by atoms with van der Waals surface area (Å²) >= 11 is 0. The fraction of sp³-hybridized carbons (Fsp3) is 0.423. The van der Waals surface area contributed by atoms with Gasteiger partial charge in [0.1, 0.15) is 6.04 Å². The van der Waals surface area contributed by atoms with Gasteiger partial charge in [0.05, 0.1) is 0 Å². The van der Waals surface area contributed by atoms with Crippen LogP contribution in [0.5, 0.6) is 0 Å². The lowest BCUT2D eigenvalue weighted by molar-refractivity contribution is -0.136. The van der Waals surface area contributed by atoms with Crippen molar-refractivity contribution >= 4 is 17.7 Å². The SMILES string of the molecule is NCc1ccc(C2CCN(Cc3cccc4c3C(=O)N(C3CCC(=O)NC3=O)C4)CC2)cc1. The van der Waals surface area contributed by atoms with Gasteiger partial charge < -0.3 is 10.6 Å². The molecule has 7 nitrogen and oxygen atoms in total. The Labute approximate surface area is 193 Å². The van der Waals surface area contributed by atoms with Crippen LogP contribution in [0.2, 0.25) is 0 Å². The number of rotatable bonds is 5. The molecule has 0 aliphatic carbocycles. The van der Waals surface area contributed by atoms with Gasteiger partial charge in [-0.05, 0) is 60.5 Å². The van der Waals surface area contributed by atoms with Crippen LogP contribution in [0.3, 0.4) is 0 Å². The quantitative estimate of drug-likeness (QED) is 0.687. The number of hydrogen-bond donors (Lipinski definition) is 2. The maximum Gasteiger partial charge on any atom is 0.255 e. The van der Waals surface area contributed by atoms with Crippen LogP contribution >= 0.6 is 0 Å². The number of fused-ring (bicyclic) bond motifs is 1. The predicted molar refractivity (Wildman–Crippen MR) is 124 cm³/mol. The molecule has 0 spiro atoms. The van der Waals surface area contributed by atoms with E-state index in [9.17, 15) is 14.4 Å². The molecule has 0 aromatic heterocycles. The van der Waals surface area contributed by atoms with E-state index in [0.717, 1.165) is 54.7 Å². The van der Waals surface area contributed by atoms with Crippen LogP contribution in [-0.4, -0.2) is 46.7 Å². The van der Waals surface area contributed by atoms with Crippen LogP contribution in [-0.2, 0) is 29.2 Å². The maximum absolute atomic E-state index is 13.3. The van der Waals surface area contributed by atoms with Gasteiger partial charge in [0.15, 0.2) is 0 Å². The predicted octanol–water partition coefficient (Wildman–Crippen LogP) is 2.29. The summed E-state index contributed by atoms with van der Waals surface area (Å²) in [5.74, 6) is -0.167. The number of carbonyl (C=O) groups excluding carboxylic acids is 3. The number of piperidine rings is 2. The molecular weight excluding hydrogens is 416 g/mol. The van der Waals surface area contributed by atoms with Gasteiger partial charge in [-0.1, -0.05) is 42.5 Å². The van der Waals surface area contributed by atoms with Gasteiger partial charge in [0, 0.05) is 31.6 Å². The summed E-state index contributed by atoms with van der Waals surface area (Å²) in [6, 6.07) is 14.1. The topological polar surface area (TPSA) is 95.7 Å². The lowest BCUT2D eigenvalue weighted by Gasteiger charge is -2.32. The van der Waals surface area contributed by atoms with Gasteiger partial charge in [-0.15, -0.1) is 0 Å². The zero-order valence-corrected chi connectivity index (χ0v) is 18.8. The highest BCUT2D eigenvalue weighted by Gasteiger charge is 2.40. The molecule has 3 N–H and O–H groups in total. The standard InChI is InChI=1S/C26H30N4O3/c27-14-17-4-6-18(7-5-17)19-10-12-29(13-11-19)15-20-2-1-3-21-16-30(26(33)24(20)21)22-8-9-23(31)28-25(22)32/h1-7,19,22H,8-16,27H2,(H,28,31,32). The van der Waals surface area contributed by atoms with Crippen molar-refractivity contribution in [1.82, 2.24) is 15.1 Å². The lowest BCUT2D eigenvalue weighted by atomic mass is 9.88. The van der Waals surface area contributed by atoms with Crippen molar-refractivity contribution in [3.8, 4) is 0 Å². The van der Waals surface area contributed by atoms with Crippen LogP contribution in [0, 0.1) is 0 Å². The maximum atomic E-state index is 13.3. The van der Waals surface area contributed by atoms with Crippen molar-refractivity contribution in [3.63, 3.8) is 0 Å². The molecule has 2 aromatic carbocycles. The lowest BCUT2D eigenvalue weighted by Crippen LogP contribution is -2.52. The first-order chi connectivity index (χ1) is 16.0. The van der Waals surface area contributed by atoms with Crippen molar-refractivity contribution < 1.29 is 14.4 Å². The Balaban J connectivity index is 1.25. The Morgan fingerprint density at radius 1 is 0.970 bits per heavy atom. The molecule has 0 bridgehead atoms. The number of nitrogens with two attached hydrogens (primary N) is 1. The number of amides is 3. The van der Waals surface area contributed by atoms with E-state index in [2.05, 4.69) is 34.5 Å². The zero-order valence-electron chi connectivity index (χ0n) is 18.8. The van der Waals surface area contributed by atoms with E-state index in [1.54, 1.807) is 4.90 Å². The molecule has 2 saturated heterocycles. The Bertz CT molecular complexity index is 1070. The van der Waals surface area contributed by atoms with Crippen LogP contribution < -0.4 is 11.1 Å². The molecule has 3 aliphatic heterocycles. The van der Waals surface area contributed by atoms with Crippen molar-refractivity contribution in [2.24, 2.45) is 5.73 Å². The molecule has 5 rings (SSSR count). The highest BCUT2D eigenvalue weighted by Crippen LogP contribution is 2.32. The minimum atomic E-state index is -0.572. The monoisotopic (exact) mass is 446 g/mol. The van der Waals surface area contributed by atoms with Gasteiger partial charge in [-0.2, -0.15) is 0 Å². The third-order valence-electron chi connectivity index (χ3n) is 7.31. The smallest absolute Gasteiger partial charge is 0.255 e. The van der Waals surface area contributed by atoms with Gasteiger partial charge in [-0.25, -0.2) is 0 Å². The minimum absolute atomic E-state index is 0.0926. The number of benzene rings is 2. The molecular formula is C26H30N4O3. The number of nitrogens with one attached hydrogen (secondary N) is 1. The molecule has 1 unspecified atom stereocenters. The Morgan fingerprint density at radius 2 is 1.73 bits per heavy atom. The summed E-state index contributed by atoms with van der Waals surface area (Å²) in [4.78, 5) is 41.2. The molecule has 33 heavy (non-hydrogen) atoms. The number of nitrogens with zero attached hydrogens (tertiary/aromatic N) is 2. The first-order valence-corrected chi connectivity index (χ1v) is 11.8. The largest absolute Gasteiger partial charge is 0.326 e. The molecule has 7 heteroatoms. The fourth-order valence-corrected chi connectivity index (χ4v) is 5.41. The molecule has 3 amide bonds. The van der Waals surface area contributed by atoms with E-state index >= 15 is 0 Å². The molecule has 3 heterocycles. The first kappa shape index (κ1) is 21.8. The van der Waals surface area contributed by atoms with Gasteiger partial charge in [-0.3, -0.25) is 24.6 Å². The summed E-state index contributed by atoms with van der Waals surface area (Å²) in [5.41, 5.74) is 11.0. The molecule has 2 fully saturated rings. The zero-order chi connectivity index (χ0) is 22.9. The first-order valence-electron chi connectivity index (χ1n) is 11.8. The third-order valence-corrected chi connectivity index (χ3v) is 7.31. The Hall–Kier alpha value is -3.03. The van der Waals surface area contributed by atoms with Crippen molar-refractivity contribution in [2.75, 3.05) is 13.1 Å². The highest BCUT2D eigenvalue weighted by molar-refractivity contribution is 6.06. The average Bonchev–Trinajstić information content (AvgIpc) is 3.17. The summed E-state index contributed by atoms with van der Waals surface area (Å²) in [6.07, 6.45) is 2.84. The molecule has 1 atom stereocenters. The second-order valence-corrected chi connectivity index (χ2v) is 9.35. The molecule has 2 aromatic rings. The van der Waals surface area contributed by atoms with E-state index in [1.807, 2.05) is 18.2 Å².